The summed E-state index contributed by atoms with van der Waals surface area (Å²) in [4.78, 5) is 25.5. The number of hydrogen-bond donors (Lipinski definition) is 2. The number of benzene rings is 1. The lowest BCUT2D eigenvalue weighted by Gasteiger charge is -2.18. The molecule has 0 bridgehead atoms. The molecule has 1 unspecified atom stereocenters. The number of anilines is 1. The van der Waals surface area contributed by atoms with E-state index in [0.717, 1.165) is 30.4 Å². The average Bonchev–Trinajstić information content (AvgIpc) is 3.03. The maximum absolute atomic E-state index is 12.6. The molecule has 1 aromatic heterocycles. The van der Waals surface area contributed by atoms with Crippen molar-refractivity contribution in [2.45, 2.75) is 32.7 Å². The average molecular weight is 372 g/mol. The minimum absolute atomic E-state index is 0.0167. The fourth-order valence-electron chi connectivity index (χ4n) is 3.23. The van der Waals surface area contributed by atoms with Gasteiger partial charge in [-0.3, -0.25) is 9.59 Å². The summed E-state index contributed by atoms with van der Waals surface area (Å²) < 4.78 is 4.81. The van der Waals surface area contributed by atoms with Gasteiger partial charge in [0.2, 0.25) is 5.91 Å². The summed E-state index contributed by atoms with van der Waals surface area (Å²) in [5, 5.41) is 7.75. The minimum atomic E-state index is -0.201. The summed E-state index contributed by atoms with van der Waals surface area (Å²) in [6.07, 6.45) is 3.22. The molecule has 0 fully saturated rings. The standard InChI is InChI=1S/C20H24N2O3S/c1-13-6-7-16-17(12-26-18(16)8-13)20(24)21-10-14-4-3-5-15(9-14)22-19(23)11-25-2/h3-5,9,12-13H,6-8,10-11H2,1-2H3,(H,21,24)(H,22,23). The van der Waals surface area contributed by atoms with E-state index in [9.17, 15) is 9.59 Å². The van der Waals surface area contributed by atoms with Crippen molar-refractivity contribution in [2.75, 3.05) is 19.0 Å². The van der Waals surface area contributed by atoms with Gasteiger partial charge in [-0.25, -0.2) is 0 Å². The summed E-state index contributed by atoms with van der Waals surface area (Å²) >= 11 is 1.70. The van der Waals surface area contributed by atoms with Crippen molar-refractivity contribution in [1.29, 1.82) is 0 Å². The van der Waals surface area contributed by atoms with Crippen LogP contribution in [0.2, 0.25) is 0 Å². The largest absolute Gasteiger partial charge is 0.375 e. The number of nitrogens with one attached hydrogen (secondary N) is 2. The second kappa shape index (κ2) is 8.47. The Hall–Kier alpha value is -2.18. The first-order chi connectivity index (χ1) is 12.6. The van der Waals surface area contributed by atoms with Gasteiger partial charge in [-0.2, -0.15) is 0 Å². The second-order valence-electron chi connectivity index (χ2n) is 6.76. The lowest BCUT2D eigenvalue weighted by atomic mass is 9.88. The van der Waals surface area contributed by atoms with E-state index < -0.39 is 0 Å². The van der Waals surface area contributed by atoms with E-state index in [1.165, 1.54) is 17.6 Å². The predicted octanol–water partition coefficient (Wildman–Crippen LogP) is 3.39. The molecule has 2 N–H and O–H groups in total. The summed E-state index contributed by atoms with van der Waals surface area (Å²) in [5.41, 5.74) is 3.68. The molecule has 0 radical (unpaired) electrons. The molecule has 1 aromatic carbocycles. The van der Waals surface area contributed by atoms with Crippen LogP contribution < -0.4 is 10.6 Å². The van der Waals surface area contributed by atoms with Gasteiger partial charge in [-0.15, -0.1) is 11.3 Å². The fraction of sp³-hybridized carbons (Fsp3) is 0.400. The summed E-state index contributed by atoms with van der Waals surface area (Å²) in [6, 6.07) is 7.46. The van der Waals surface area contributed by atoms with Crippen molar-refractivity contribution >= 4 is 28.8 Å². The summed E-state index contributed by atoms with van der Waals surface area (Å²) in [6.45, 7) is 2.71. The highest BCUT2D eigenvalue weighted by Gasteiger charge is 2.23. The lowest BCUT2D eigenvalue weighted by molar-refractivity contribution is -0.119. The second-order valence-corrected chi connectivity index (χ2v) is 7.73. The normalized spacial score (nSPS) is 16.0. The van der Waals surface area contributed by atoms with Crippen LogP contribution in [0, 0.1) is 5.92 Å². The Balaban J connectivity index is 1.61. The zero-order valence-electron chi connectivity index (χ0n) is 15.1. The van der Waals surface area contributed by atoms with E-state index in [2.05, 4.69) is 17.6 Å². The first kappa shape index (κ1) is 18.6. The molecule has 3 rings (SSSR count). The Morgan fingerprint density at radius 2 is 2.19 bits per heavy atom. The van der Waals surface area contributed by atoms with Crippen molar-refractivity contribution in [3.8, 4) is 0 Å². The number of carbonyl (C=O) groups is 2. The summed E-state index contributed by atoms with van der Waals surface area (Å²) in [7, 11) is 1.48. The Labute approximate surface area is 157 Å². The van der Waals surface area contributed by atoms with Crippen molar-refractivity contribution < 1.29 is 14.3 Å². The van der Waals surface area contributed by atoms with E-state index >= 15 is 0 Å². The molecule has 0 spiro atoms. The van der Waals surface area contributed by atoms with Gasteiger partial charge in [0.15, 0.2) is 0 Å². The Bertz CT molecular complexity index is 800. The number of fused-ring (bicyclic) bond motifs is 1. The van der Waals surface area contributed by atoms with Crippen LogP contribution >= 0.6 is 11.3 Å². The van der Waals surface area contributed by atoms with Gasteiger partial charge in [0.1, 0.15) is 6.61 Å². The Kier molecular flexibility index (Phi) is 6.06. The number of carbonyl (C=O) groups excluding carboxylic acids is 2. The quantitative estimate of drug-likeness (QED) is 0.817. The van der Waals surface area contributed by atoms with Crippen LogP contribution in [0.5, 0.6) is 0 Å². The van der Waals surface area contributed by atoms with Gasteiger partial charge in [0.05, 0.1) is 5.56 Å². The molecule has 5 nitrogen and oxygen atoms in total. The molecule has 138 valence electrons. The molecule has 1 atom stereocenters. The van der Waals surface area contributed by atoms with Crippen molar-refractivity contribution in [2.24, 2.45) is 5.92 Å². The van der Waals surface area contributed by atoms with Gasteiger partial charge in [0.25, 0.3) is 5.91 Å². The first-order valence-corrected chi connectivity index (χ1v) is 9.70. The number of hydrogen-bond acceptors (Lipinski definition) is 4. The smallest absolute Gasteiger partial charge is 0.252 e. The Morgan fingerprint density at radius 1 is 1.35 bits per heavy atom. The highest BCUT2D eigenvalue weighted by atomic mass is 32.1. The first-order valence-electron chi connectivity index (χ1n) is 8.82. The van der Waals surface area contributed by atoms with Crippen molar-refractivity contribution in [1.82, 2.24) is 5.32 Å². The van der Waals surface area contributed by atoms with Gasteiger partial charge < -0.3 is 15.4 Å². The van der Waals surface area contributed by atoms with Crippen LogP contribution in [0.25, 0.3) is 0 Å². The minimum Gasteiger partial charge on any atom is -0.375 e. The van der Waals surface area contributed by atoms with Crippen molar-refractivity contribution in [3.05, 3.63) is 51.2 Å². The van der Waals surface area contributed by atoms with Gasteiger partial charge >= 0.3 is 0 Å². The number of thiophene rings is 1. The lowest BCUT2D eigenvalue weighted by Crippen LogP contribution is -2.24. The molecule has 6 heteroatoms. The molecule has 2 aromatic rings. The van der Waals surface area contributed by atoms with Gasteiger partial charge in [-0.1, -0.05) is 19.1 Å². The monoisotopic (exact) mass is 372 g/mol. The molecule has 0 saturated carbocycles. The zero-order valence-corrected chi connectivity index (χ0v) is 15.9. The van der Waals surface area contributed by atoms with Crippen molar-refractivity contribution in [3.63, 3.8) is 0 Å². The third-order valence-corrected chi connectivity index (χ3v) is 5.64. The highest BCUT2D eigenvalue weighted by molar-refractivity contribution is 7.10. The predicted molar refractivity (Wildman–Crippen MR) is 104 cm³/mol. The summed E-state index contributed by atoms with van der Waals surface area (Å²) in [5.74, 6) is 0.479. The van der Waals surface area contributed by atoms with Crippen LogP contribution in [0.15, 0.2) is 29.6 Å². The number of rotatable bonds is 6. The van der Waals surface area contributed by atoms with E-state index in [-0.39, 0.29) is 18.4 Å². The number of amides is 2. The Morgan fingerprint density at radius 3 is 3.00 bits per heavy atom. The maximum Gasteiger partial charge on any atom is 0.252 e. The van der Waals surface area contributed by atoms with E-state index in [4.69, 9.17) is 4.74 Å². The fourth-order valence-corrected chi connectivity index (χ4v) is 4.48. The number of methoxy groups -OCH3 is 1. The van der Waals surface area contributed by atoms with Gasteiger partial charge in [0, 0.05) is 29.6 Å². The zero-order chi connectivity index (χ0) is 18.5. The SMILES string of the molecule is COCC(=O)Nc1cccc(CNC(=O)c2csc3c2CCC(C)C3)c1. The maximum atomic E-state index is 12.6. The van der Waals surface area contributed by atoms with Gasteiger partial charge in [-0.05, 0) is 48.4 Å². The van der Waals surface area contributed by atoms with E-state index in [0.29, 0.717) is 18.2 Å². The molecule has 1 heterocycles. The molecule has 1 aliphatic rings. The molecule has 2 amide bonds. The highest BCUT2D eigenvalue weighted by Crippen LogP contribution is 2.32. The topological polar surface area (TPSA) is 67.4 Å². The van der Waals surface area contributed by atoms with Crippen LogP contribution in [-0.2, 0) is 28.9 Å². The third-order valence-electron chi connectivity index (χ3n) is 4.59. The third kappa shape index (κ3) is 4.51. The molecule has 0 aliphatic heterocycles. The molecule has 1 aliphatic carbocycles. The number of ether oxygens (including phenoxy) is 1. The van der Waals surface area contributed by atoms with E-state index in [1.54, 1.807) is 11.3 Å². The molecule has 0 saturated heterocycles. The van der Waals surface area contributed by atoms with E-state index in [1.807, 2.05) is 29.6 Å². The molecular formula is C20H24N2O3S. The molecule has 26 heavy (non-hydrogen) atoms. The van der Waals surface area contributed by atoms with Crippen LogP contribution in [0.4, 0.5) is 5.69 Å². The van der Waals surface area contributed by atoms with Crippen LogP contribution in [0.3, 0.4) is 0 Å². The van der Waals surface area contributed by atoms with Crippen LogP contribution in [-0.4, -0.2) is 25.5 Å². The van der Waals surface area contributed by atoms with Crippen LogP contribution in [0.1, 0.15) is 39.7 Å². The molecular weight excluding hydrogens is 348 g/mol.